The molecule has 2 atom stereocenters. The summed E-state index contributed by atoms with van der Waals surface area (Å²) in [5.74, 6) is 0. The van der Waals surface area contributed by atoms with Gasteiger partial charge in [0.25, 0.3) is 0 Å². The number of anilines is 1. The van der Waals surface area contributed by atoms with Crippen LogP contribution in [-0.2, 0) is 0 Å². The van der Waals surface area contributed by atoms with Crippen molar-refractivity contribution in [3.8, 4) is 0 Å². The Morgan fingerprint density at radius 3 is 2.33 bits per heavy atom. The van der Waals surface area contributed by atoms with Gasteiger partial charge in [-0.15, -0.1) is 0 Å². The minimum absolute atomic E-state index is 0.666. The number of rotatable bonds is 1. The van der Waals surface area contributed by atoms with Crippen LogP contribution in [0.1, 0.15) is 12.8 Å². The zero-order valence-electron chi connectivity index (χ0n) is 9.00. The second kappa shape index (κ2) is 3.45. The summed E-state index contributed by atoms with van der Waals surface area (Å²) in [7, 11) is 2.21. The fraction of sp³-hybridized carbons (Fsp3) is 0.636. The maximum atomic E-state index is 4.11. The van der Waals surface area contributed by atoms with Crippen molar-refractivity contribution in [1.29, 1.82) is 0 Å². The zero-order chi connectivity index (χ0) is 10.3. The Hall–Kier alpha value is -1.16. The average Bonchev–Trinajstić information content (AvgIpc) is 2.53. The van der Waals surface area contributed by atoms with Gasteiger partial charge in [0, 0.05) is 25.2 Å². The van der Waals surface area contributed by atoms with Gasteiger partial charge in [0.1, 0.15) is 6.33 Å². The van der Waals surface area contributed by atoms with Crippen LogP contribution in [0.2, 0.25) is 0 Å². The molecule has 0 aliphatic carbocycles. The largest absolute Gasteiger partial charge is 0.360 e. The van der Waals surface area contributed by atoms with Gasteiger partial charge in [0.15, 0.2) is 0 Å². The highest BCUT2D eigenvalue weighted by atomic mass is 15.3. The molecule has 0 aromatic carbocycles. The van der Waals surface area contributed by atoms with Crippen LogP contribution in [0.5, 0.6) is 0 Å². The number of hydrogen-bond donors (Lipinski definition) is 0. The molecular formula is C11H16N4. The fourth-order valence-electron chi connectivity index (χ4n) is 2.96. The Morgan fingerprint density at radius 1 is 1.13 bits per heavy atom. The lowest BCUT2D eigenvalue weighted by atomic mass is 10.2. The second-order valence-electron chi connectivity index (χ2n) is 4.61. The Balaban J connectivity index is 1.89. The van der Waals surface area contributed by atoms with Crippen LogP contribution in [-0.4, -0.2) is 47.1 Å². The SMILES string of the molecule is CN1CC2CCC(C1)N2c1cncnc1. The molecule has 80 valence electrons. The van der Waals surface area contributed by atoms with E-state index in [1.807, 2.05) is 12.4 Å². The van der Waals surface area contributed by atoms with Crippen molar-refractivity contribution in [2.24, 2.45) is 0 Å². The molecule has 2 bridgehead atoms. The fourth-order valence-corrected chi connectivity index (χ4v) is 2.96. The number of aromatic nitrogens is 2. The van der Waals surface area contributed by atoms with Gasteiger partial charge in [-0.2, -0.15) is 0 Å². The van der Waals surface area contributed by atoms with Crippen molar-refractivity contribution in [3.63, 3.8) is 0 Å². The van der Waals surface area contributed by atoms with E-state index in [2.05, 4.69) is 26.8 Å². The van der Waals surface area contributed by atoms with Crippen molar-refractivity contribution in [2.75, 3.05) is 25.0 Å². The topological polar surface area (TPSA) is 32.3 Å². The van der Waals surface area contributed by atoms with Crippen LogP contribution in [0.15, 0.2) is 18.7 Å². The molecule has 2 aliphatic rings. The van der Waals surface area contributed by atoms with E-state index in [1.165, 1.54) is 31.6 Å². The molecule has 0 saturated carbocycles. The predicted molar refractivity (Wildman–Crippen MR) is 58.8 cm³/mol. The van der Waals surface area contributed by atoms with Crippen molar-refractivity contribution in [1.82, 2.24) is 14.9 Å². The number of hydrogen-bond acceptors (Lipinski definition) is 4. The molecule has 0 radical (unpaired) electrons. The molecule has 2 saturated heterocycles. The highest BCUT2D eigenvalue weighted by Gasteiger charge is 2.38. The van der Waals surface area contributed by atoms with E-state index in [0.29, 0.717) is 12.1 Å². The summed E-state index contributed by atoms with van der Waals surface area (Å²) in [6.45, 7) is 2.34. The molecule has 3 heterocycles. The third-order valence-corrected chi connectivity index (χ3v) is 3.51. The summed E-state index contributed by atoms with van der Waals surface area (Å²) in [4.78, 5) is 13.2. The summed E-state index contributed by atoms with van der Waals surface area (Å²) < 4.78 is 0. The molecule has 3 rings (SSSR count). The third-order valence-electron chi connectivity index (χ3n) is 3.51. The summed E-state index contributed by atoms with van der Waals surface area (Å²) in [5, 5.41) is 0. The van der Waals surface area contributed by atoms with Gasteiger partial charge in [0.2, 0.25) is 0 Å². The van der Waals surface area contributed by atoms with Gasteiger partial charge in [-0.05, 0) is 19.9 Å². The van der Waals surface area contributed by atoms with Crippen LogP contribution in [0.3, 0.4) is 0 Å². The number of likely N-dealkylation sites (N-methyl/N-ethyl adjacent to an activating group) is 1. The minimum Gasteiger partial charge on any atom is -0.360 e. The lowest BCUT2D eigenvalue weighted by Gasteiger charge is -2.40. The van der Waals surface area contributed by atoms with E-state index >= 15 is 0 Å². The standard InChI is InChI=1S/C11H16N4/c1-14-6-9-2-3-10(7-14)15(9)11-4-12-8-13-5-11/h4-5,8-10H,2-3,6-7H2,1H3. The van der Waals surface area contributed by atoms with Gasteiger partial charge in [-0.3, -0.25) is 0 Å². The van der Waals surface area contributed by atoms with E-state index < -0.39 is 0 Å². The number of nitrogens with zero attached hydrogens (tertiary/aromatic N) is 4. The lowest BCUT2D eigenvalue weighted by molar-refractivity contribution is 0.264. The van der Waals surface area contributed by atoms with E-state index in [0.717, 1.165) is 0 Å². The molecule has 0 N–H and O–H groups in total. The van der Waals surface area contributed by atoms with Crippen LogP contribution < -0.4 is 4.90 Å². The first-order chi connectivity index (χ1) is 7.34. The van der Waals surface area contributed by atoms with Gasteiger partial charge in [-0.1, -0.05) is 0 Å². The molecule has 1 aromatic rings. The van der Waals surface area contributed by atoms with Crippen molar-refractivity contribution >= 4 is 5.69 Å². The van der Waals surface area contributed by atoms with Crippen molar-refractivity contribution in [2.45, 2.75) is 24.9 Å². The Kier molecular flexibility index (Phi) is 2.09. The second-order valence-corrected chi connectivity index (χ2v) is 4.61. The van der Waals surface area contributed by atoms with Gasteiger partial charge < -0.3 is 9.80 Å². The first-order valence-electron chi connectivity index (χ1n) is 5.56. The van der Waals surface area contributed by atoms with E-state index in [4.69, 9.17) is 0 Å². The van der Waals surface area contributed by atoms with Gasteiger partial charge in [0.05, 0.1) is 18.1 Å². The molecular weight excluding hydrogens is 188 g/mol. The Labute approximate surface area is 89.9 Å². The van der Waals surface area contributed by atoms with Gasteiger partial charge in [-0.25, -0.2) is 9.97 Å². The molecule has 2 unspecified atom stereocenters. The van der Waals surface area contributed by atoms with E-state index in [1.54, 1.807) is 6.33 Å². The maximum absolute atomic E-state index is 4.11. The molecule has 2 aliphatic heterocycles. The molecule has 2 fully saturated rings. The molecule has 4 nitrogen and oxygen atoms in total. The normalized spacial score (nSPS) is 30.9. The predicted octanol–water partition coefficient (Wildman–Crippen LogP) is 0.759. The summed E-state index contributed by atoms with van der Waals surface area (Å²) in [6.07, 6.45) is 8.09. The quantitative estimate of drug-likeness (QED) is 0.676. The summed E-state index contributed by atoms with van der Waals surface area (Å²) in [6, 6.07) is 1.33. The maximum Gasteiger partial charge on any atom is 0.115 e. The Morgan fingerprint density at radius 2 is 1.73 bits per heavy atom. The third kappa shape index (κ3) is 1.49. The minimum atomic E-state index is 0.666. The van der Waals surface area contributed by atoms with Crippen LogP contribution >= 0.6 is 0 Å². The van der Waals surface area contributed by atoms with Crippen molar-refractivity contribution in [3.05, 3.63) is 18.7 Å². The van der Waals surface area contributed by atoms with E-state index in [9.17, 15) is 0 Å². The van der Waals surface area contributed by atoms with Crippen LogP contribution in [0, 0.1) is 0 Å². The first kappa shape index (κ1) is 9.09. The average molecular weight is 204 g/mol. The number of piperazine rings is 1. The number of fused-ring (bicyclic) bond motifs is 2. The molecule has 0 amide bonds. The van der Waals surface area contributed by atoms with Crippen LogP contribution in [0.4, 0.5) is 5.69 Å². The van der Waals surface area contributed by atoms with Crippen molar-refractivity contribution < 1.29 is 0 Å². The first-order valence-corrected chi connectivity index (χ1v) is 5.56. The lowest BCUT2D eigenvalue weighted by Crippen LogP contribution is -2.52. The number of likely N-dealkylation sites (tertiary alicyclic amines) is 1. The molecule has 1 aromatic heterocycles. The Bertz CT molecular complexity index is 326. The van der Waals surface area contributed by atoms with E-state index in [-0.39, 0.29) is 0 Å². The smallest absolute Gasteiger partial charge is 0.115 e. The monoisotopic (exact) mass is 204 g/mol. The molecule has 0 spiro atoms. The highest BCUT2D eigenvalue weighted by Crippen LogP contribution is 2.33. The summed E-state index contributed by atoms with van der Waals surface area (Å²) in [5.41, 5.74) is 1.19. The highest BCUT2D eigenvalue weighted by molar-refractivity contribution is 5.46. The molecule has 4 heteroatoms. The molecule has 15 heavy (non-hydrogen) atoms. The zero-order valence-corrected chi connectivity index (χ0v) is 9.00. The van der Waals surface area contributed by atoms with Crippen LogP contribution in [0.25, 0.3) is 0 Å². The van der Waals surface area contributed by atoms with Gasteiger partial charge >= 0.3 is 0 Å². The summed E-state index contributed by atoms with van der Waals surface area (Å²) >= 11 is 0.